The van der Waals surface area contributed by atoms with Gasteiger partial charge in [-0.05, 0) is 42.0 Å². The summed E-state index contributed by atoms with van der Waals surface area (Å²) in [6.07, 6.45) is -5.39. The van der Waals surface area contributed by atoms with Gasteiger partial charge in [0.1, 0.15) is 11.7 Å². The van der Waals surface area contributed by atoms with Crippen molar-refractivity contribution in [2.45, 2.75) is 17.9 Å². The lowest BCUT2D eigenvalue weighted by atomic mass is 9.77. The molecule has 3 N–H and O–H groups in total. The summed E-state index contributed by atoms with van der Waals surface area (Å²) in [6, 6.07) is 5.01. The zero-order chi connectivity index (χ0) is 21.7. The molecule has 0 radical (unpaired) electrons. The van der Waals surface area contributed by atoms with E-state index in [4.69, 9.17) is 9.47 Å². The highest BCUT2D eigenvalue weighted by atomic mass is 19.4. The summed E-state index contributed by atoms with van der Waals surface area (Å²) in [5.41, 5.74) is -4.06. The third-order valence-electron chi connectivity index (χ3n) is 4.97. The Labute approximate surface area is 166 Å². The number of fused-ring (bicyclic) bond motifs is 1. The molecule has 0 aromatic heterocycles. The predicted molar refractivity (Wildman–Crippen MR) is 92.2 cm³/mol. The molecule has 3 atom stereocenters. The van der Waals surface area contributed by atoms with Gasteiger partial charge < -0.3 is 25.2 Å². The third-order valence-corrected chi connectivity index (χ3v) is 4.97. The number of rotatable bonds is 3. The number of ketones is 1. The Kier molecular flexibility index (Phi) is 4.57. The van der Waals surface area contributed by atoms with Gasteiger partial charge >= 0.3 is 12.2 Å². The average Bonchev–Trinajstić information content (AvgIpc) is 3.14. The molecule has 4 rings (SSSR count). The smallest absolute Gasteiger partial charge is 0.437 e. The van der Waals surface area contributed by atoms with E-state index >= 15 is 0 Å². The summed E-state index contributed by atoms with van der Waals surface area (Å²) >= 11 is 0. The molecule has 158 valence electrons. The van der Waals surface area contributed by atoms with Crippen molar-refractivity contribution in [2.24, 2.45) is 5.92 Å². The maximum atomic E-state index is 13.8. The Balaban J connectivity index is 1.84. The number of ether oxygens (including phenoxy) is 2. The first-order chi connectivity index (χ1) is 14.1. The van der Waals surface area contributed by atoms with Crippen LogP contribution in [0.15, 0.2) is 42.5 Å². The largest absolute Gasteiger partial charge is 0.454 e. The molecule has 1 fully saturated rings. The third kappa shape index (κ3) is 3.20. The molecule has 2 aromatic carbocycles. The number of hydrogen-bond acceptors (Lipinski definition) is 5. The molecule has 0 saturated carbocycles. The monoisotopic (exact) mass is 426 g/mol. The molecule has 2 amide bonds. The lowest BCUT2D eigenvalue weighted by Crippen LogP contribution is -2.72. The fourth-order valence-corrected chi connectivity index (χ4v) is 3.52. The van der Waals surface area contributed by atoms with Crippen LogP contribution in [0, 0.1) is 11.7 Å². The topological polar surface area (TPSA) is 96.9 Å². The van der Waals surface area contributed by atoms with Crippen LogP contribution in [0.1, 0.15) is 22.0 Å². The van der Waals surface area contributed by atoms with Gasteiger partial charge in [-0.3, -0.25) is 4.79 Å². The fraction of sp³-hybridized carbons (Fsp3) is 0.263. The van der Waals surface area contributed by atoms with E-state index in [0.717, 1.165) is 24.3 Å². The minimum absolute atomic E-state index is 0.0808. The van der Waals surface area contributed by atoms with E-state index in [0.29, 0.717) is 5.75 Å². The average molecular weight is 426 g/mol. The van der Waals surface area contributed by atoms with Gasteiger partial charge in [0, 0.05) is 5.56 Å². The zero-order valence-electron chi connectivity index (χ0n) is 15.0. The van der Waals surface area contributed by atoms with Crippen LogP contribution in [0.4, 0.5) is 22.4 Å². The molecule has 2 aliphatic heterocycles. The zero-order valence-corrected chi connectivity index (χ0v) is 15.0. The Morgan fingerprint density at radius 2 is 1.77 bits per heavy atom. The van der Waals surface area contributed by atoms with Crippen molar-refractivity contribution < 1.29 is 41.7 Å². The predicted octanol–water partition coefficient (Wildman–Crippen LogP) is 2.66. The number of carbonyl (C=O) groups excluding carboxylic acids is 2. The molecule has 7 nitrogen and oxygen atoms in total. The van der Waals surface area contributed by atoms with E-state index in [9.17, 15) is 32.3 Å². The number of alkyl halides is 3. The summed E-state index contributed by atoms with van der Waals surface area (Å²) < 4.78 is 65.1. The van der Waals surface area contributed by atoms with Gasteiger partial charge in [0.2, 0.25) is 12.5 Å². The molecule has 2 aromatic rings. The van der Waals surface area contributed by atoms with Gasteiger partial charge in [-0.15, -0.1) is 0 Å². The number of benzene rings is 2. The summed E-state index contributed by atoms with van der Waals surface area (Å²) in [4.78, 5) is 25.1. The number of amides is 2. The molecule has 30 heavy (non-hydrogen) atoms. The first-order valence-corrected chi connectivity index (χ1v) is 8.67. The Morgan fingerprint density at radius 3 is 2.43 bits per heavy atom. The van der Waals surface area contributed by atoms with Crippen LogP contribution >= 0.6 is 0 Å². The van der Waals surface area contributed by atoms with Gasteiger partial charge in [0.25, 0.3) is 0 Å². The van der Waals surface area contributed by atoms with Crippen LogP contribution in [0.5, 0.6) is 11.5 Å². The highest BCUT2D eigenvalue weighted by Crippen LogP contribution is 2.45. The van der Waals surface area contributed by atoms with Crippen molar-refractivity contribution in [2.75, 3.05) is 6.79 Å². The lowest BCUT2D eigenvalue weighted by Gasteiger charge is -2.45. The Hall–Kier alpha value is -3.34. The van der Waals surface area contributed by atoms with Crippen molar-refractivity contribution in [3.8, 4) is 11.5 Å². The van der Waals surface area contributed by atoms with Crippen LogP contribution in [-0.4, -0.2) is 35.6 Å². The minimum Gasteiger partial charge on any atom is -0.454 e. The maximum absolute atomic E-state index is 13.8. The first-order valence-electron chi connectivity index (χ1n) is 8.67. The fourth-order valence-electron chi connectivity index (χ4n) is 3.52. The van der Waals surface area contributed by atoms with E-state index in [1.54, 1.807) is 0 Å². The molecule has 1 saturated heterocycles. The molecule has 0 spiro atoms. The van der Waals surface area contributed by atoms with Gasteiger partial charge in [-0.1, -0.05) is 6.07 Å². The van der Waals surface area contributed by atoms with Crippen LogP contribution in [0.3, 0.4) is 0 Å². The maximum Gasteiger partial charge on any atom is 0.437 e. The summed E-state index contributed by atoms with van der Waals surface area (Å²) in [7, 11) is 0. The number of carbonyl (C=O) groups is 2. The number of nitrogens with one attached hydrogen (secondary N) is 2. The normalized spacial score (nSPS) is 25.4. The molecular weight excluding hydrogens is 412 g/mol. The van der Waals surface area contributed by atoms with E-state index in [-0.39, 0.29) is 23.7 Å². The summed E-state index contributed by atoms with van der Waals surface area (Å²) in [5, 5.41) is 14.2. The molecule has 2 aliphatic rings. The van der Waals surface area contributed by atoms with Crippen molar-refractivity contribution in [1.82, 2.24) is 10.6 Å². The Morgan fingerprint density at radius 1 is 1.10 bits per heavy atom. The second-order valence-electron chi connectivity index (χ2n) is 6.80. The van der Waals surface area contributed by atoms with Gasteiger partial charge in [0.15, 0.2) is 17.3 Å². The summed E-state index contributed by atoms with van der Waals surface area (Å²) in [5.74, 6) is -3.51. The van der Waals surface area contributed by atoms with Crippen molar-refractivity contribution in [3.05, 3.63) is 59.4 Å². The SMILES string of the molecule is O=C1NC(c2ccc3c(c2)OCO3)C(C(=O)c2ccc(F)cc2)C(O)(C(F)(F)F)N1. The van der Waals surface area contributed by atoms with Crippen molar-refractivity contribution >= 4 is 11.8 Å². The van der Waals surface area contributed by atoms with Crippen LogP contribution in [-0.2, 0) is 0 Å². The number of hydrogen-bond donors (Lipinski definition) is 3. The summed E-state index contributed by atoms with van der Waals surface area (Å²) in [6.45, 7) is -0.0954. The molecular formula is C19H14F4N2O5. The highest BCUT2D eigenvalue weighted by Gasteiger charge is 2.66. The highest BCUT2D eigenvalue weighted by molar-refractivity contribution is 6.00. The van der Waals surface area contributed by atoms with Gasteiger partial charge in [-0.2, -0.15) is 13.2 Å². The van der Waals surface area contributed by atoms with E-state index in [2.05, 4.69) is 5.32 Å². The molecule has 0 bridgehead atoms. The van der Waals surface area contributed by atoms with Gasteiger partial charge in [0.05, 0.1) is 6.04 Å². The van der Waals surface area contributed by atoms with Crippen molar-refractivity contribution in [3.63, 3.8) is 0 Å². The van der Waals surface area contributed by atoms with E-state index in [1.807, 2.05) is 0 Å². The van der Waals surface area contributed by atoms with E-state index < -0.39 is 41.5 Å². The van der Waals surface area contributed by atoms with E-state index in [1.165, 1.54) is 23.5 Å². The second-order valence-corrected chi connectivity index (χ2v) is 6.80. The number of halogens is 4. The van der Waals surface area contributed by atoms with Crippen LogP contribution in [0.25, 0.3) is 0 Å². The van der Waals surface area contributed by atoms with Gasteiger partial charge in [-0.25, -0.2) is 9.18 Å². The standard InChI is InChI=1S/C19H14F4N2O5/c20-11-4-1-9(2-5-11)16(26)14-15(10-3-6-12-13(7-10)30-8-29-12)24-17(27)25-18(14,28)19(21,22)23/h1-7,14-15,28H,8H2,(H2,24,25,27). The number of Topliss-reactive ketones (excluding diaryl/α,β-unsaturated/α-hetero) is 1. The number of urea groups is 1. The molecule has 11 heteroatoms. The molecule has 3 unspecified atom stereocenters. The first kappa shape index (κ1) is 20.0. The quantitative estimate of drug-likeness (QED) is 0.518. The molecule has 2 heterocycles. The molecule has 0 aliphatic carbocycles. The minimum atomic E-state index is -5.39. The van der Waals surface area contributed by atoms with Crippen LogP contribution in [0.2, 0.25) is 0 Å². The van der Waals surface area contributed by atoms with Crippen LogP contribution < -0.4 is 20.1 Å². The number of aliphatic hydroxyl groups is 1. The lowest BCUT2D eigenvalue weighted by molar-refractivity contribution is -0.287. The van der Waals surface area contributed by atoms with Crippen molar-refractivity contribution in [1.29, 1.82) is 0 Å². The second kappa shape index (κ2) is 6.87. The Bertz CT molecular complexity index is 1010.